The Morgan fingerprint density at radius 1 is 0.374 bits per heavy atom. The van der Waals surface area contributed by atoms with Gasteiger partial charge in [0.1, 0.15) is 24.4 Å². The van der Waals surface area contributed by atoms with Crippen molar-refractivity contribution in [1.82, 2.24) is 5.32 Å². The van der Waals surface area contributed by atoms with Gasteiger partial charge in [0.25, 0.3) is 0 Å². The number of rotatable bonds is 76. The zero-order valence-corrected chi connectivity index (χ0v) is 64.7. The highest BCUT2D eigenvalue weighted by Crippen LogP contribution is 2.24. The van der Waals surface area contributed by atoms with Gasteiger partial charge < -0.3 is 45.1 Å². The van der Waals surface area contributed by atoms with Gasteiger partial charge in [-0.2, -0.15) is 0 Å². The third-order valence-electron chi connectivity index (χ3n) is 20.0. The van der Waals surface area contributed by atoms with E-state index < -0.39 is 49.5 Å². The van der Waals surface area contributed by atoms with Gasteiger partial charge in [-0.05, 0) is 116 Å². The van der Waals surface area contributed by atoms with E-state index in [1.54, 1.807) is 6.08 Å². The molecule has 0 aromatic carbocycles. The molecule has 0 radical (unpaired) electrons. The van der Waals surface area contributed by atoms with Gasteiger partial charge in [0, 0.05) is 12.8 Å². The maximum absolute atomic E-state index is 13.1. The Morgan fingerprint density at radius 2 is 0.687 bits per heavy atom. The largest absolute Gasteiger partial charge is 0.466 e. The number of aliphatic hydroxyl groups excluding tert-OH is 5. The lowest BCUT2D eigenvalue weighted by molar-refractivity contribution is -0.302. The summed E-state index contributed by atoms with van der Waals surface area (Å²) in [5.41, 5.74) is 0. The summed E-state index contributed by atoms with van der Waals surface area (Å²) in [6.07, 6.45) is 95.2. The van der Waals surface area contributed by atoms with Crippen LogP contribution >= 0.6 is 0 Å². The van der Waals surface area contributed by atoms with E-state index in [2.05, 4.69) is 79.9 Å². The fourth-order valence-electron chi connectivity index (χ4n) is 13.3. The third-order valence-corrected chi connectivity index (χ3v) is 20.0. The van der Waals surface area contributed by atoms with Crippen LogP contribution in [0.25, 0.3) is 0 Å². The van der Waals surface area contributed by atoms with Crippen molar-refractivity contribution >= 4 is 11.9 Å². The van der Waals surface area contributed by atoms with Crippen molar-refractivity contribution in [3.63, 3.8) is 0 Å². The van der Waals surface area contributed by atoms with Crippen molar-refractivity contribution in [3.8, 4) is 0 Å². The number of unbranched alkanes of at least 4 members (excludes halogenated alkanes) is 52. The molecule has 1 heterocycles. The predicted molar refractivity (Wildman–Crippen MR) is 421 cm³/mol. The molecule has 1 rings (SSSR count). The number of carbonyl (C=O) groups excluding carboxylic acids is 2. The maximum Gasteiger partial charge on any atom is 0.305 e. The second kappa shape index (κ2) is 76.2. The summed E-state index contributed by atoms with van der Waals surface area (Å²) in [4.78, 5) is 25.2. The minimum absolute atomic E-state index is 0.0113. The van der Waals surface area contributed by atoms with Crippen LogP contribution in [-0.2, 0) is 23.8 Å². The van der Waals surface area contributed by atoms with E-state index in [1.165, 1.54) is 308 Å². The van der Waals surface area contributed by atoms with Crippen LogP contribution in [0.5, 0.6) is 0 Å². The first-order chi connectivity index (χ1) is 48.7. The van der Waals surface area contributed by atoms with Crippen molar-refractivity contribution in [2.75, 3.05) is 19.8 Å². The Morgan fingerprint density at radius 3 is 1.06 bits per heavy atom. The monoisotopic (exact) mass is 1390 g/mol. The summed E-state index contributed by atoms with van der Waals surface area (Å²) in [5, 5.41) is 54.6. The van der Waals surface area contributed by atoms with E-state index in [9.17, 15) is 35.1 Å². The smallest absolute Gasteiger partial charge is 0.305 e. The molecule has 11 heteroatoms. The molecule has 0 aromatic heterocycles. The molecule has 0 bridgehead atoms. The molecule has 1 saturated heterocycles. The van der Waals surface area contributed by atoms with Crippen LogP contribution < -0.4 is 5.32 Å². The second-order valence-corrected chi connectivity index (χ2v) is 29.5. The SMILES string of the molecule is CCCCCCC/C=C/CC/C=C/CC/C=C/C(O)C(COC1OC(CO)C(O)C(O)C1O)NC(=O)CCCCCCCCCCCCCCCCCCC/C=C\C/C=C\CCCCCCCCCCCCCCCCCOC(=O)CCCCCCCCC/C=C\CCCCCCCC. The van der Waals surface area contributed by atoms with E-state index in [1.807, 2.05) is 6.08 Å². The van der Waals surface area contributed by atoms with Crippen LogP contribution in [0.15, 0.2) is 72.9 Å². The standard InChI is InChI=1S/C88H161NO10/c1-3-5-7-9-11-13-15-17-19-43-48-52-56-60-64-68-72-76-84(93)97-77-73-69-65-61-57-53-49-45-42-40-38-36-34-32-30-28-26-24-22-20-21-23-25-27-29-31-33-35-37-39-41-44-47-51-55-59-63-67-71-75-83(92)89-80(79-98-88-87(96)86(95)85(94)82(78-90)99-88)81(91)74-70-66-62-58-54-50-46-18-16-14-12-10-8-6-4-2/h16-21,24,26,54,58,70,74,80-82,85-88,90-91,94-96H,3-15,22-23,25,27-53,55-57,59-69,71-73,75-79H2,1-2H3,(H,89,92)/b18-16+,19-17-,21-20-,26-24-,58-54+,74-70+. The van der Waals surface area contributed by atoms with E-state index in [4.69, 9.17) is 14.2 Å². The second-order valence-electron chi connectivity index (χ2n) is 29.5. The van der Waals surface area contributed by atoms with Crippen LogP contribution in [0.2, 0.25) is 0 Å². The summed E-state index contributed by atoms with van der Waals surface area (Å²) in [6, 6.07) is -0.834. The molecule has 7 unspecified atom stereocenters. The highest BCUT2D eigenvalue weighted by molar-refractivity contribution is 5.76. The number of allylic oxidation sites excluding steroid dienone is 11. The summed E-state index contributed by atoms with van der Waals surface area (Å²) in [5.74, 6) is -0.181. The molecule has 1 fully saturated rings. The Kier molecular flexibility index (Phi) is 72.5. The predicted octanol–water partition coefficient (Wildman–Crippen LogP) is 23.8. The Hall–Kier alpha value is -2.90. The van der Waals surface area contributed by atoms with Crippen LogP contribution in [0.4, 0.5) is 0 Å². The first-order valence-electron chi connectivity index (χ1n) is 42.7. The molecular formula is C88H161NO10. The third kappa shape index (κ3) is 64.4. The molecule has 7 atom stereocenters. The van der Waals surface area contributed by atoms with Crippen LogP contribution in [0.1, 0.15) is 412 Å². The normalized spacial score (nSPS) is 17.5. The Bertz CT molecular complexity index is 1880. The van der Waals surface area contributed by atoms with Crippen LogP contribution in [0, 0.1) is 0 Å². The molecule has 99 heavy (non-hydrogen) atoms. The van der Waals surface area contributed by atoms with Gasteiger partial charge in [0.2, 0.25) is 5.91 Å². The van der Waals surface area contributed by atoms with Crippen molar-refractivity contribution in [2.45, 2.75) is 455 Å². The molecule has 1 amide bonds. The van der Waals surface area contributed by atoms with Crippen LogP contribution in [0.3, 0.4) is 0 Å². The molecule has 0 saturated carbocycles. The molecule has 0 aliphatic carbocycles. The van der Waals surface area contributed by atoms with Gasteiger partial charge in [-0.3, -0.25) is 9.59 Å². The van der Waals surface area contributed by atoms with Gasteiger partial charge in [-0.25, -0.2) is 0 Å². The van der Waals surface area contributed by atoms with Gasteiger partial charge in [0.15, 0.2) is 6.29 Å². The Balaban J connectivity index is 1.91. The highest BCUT2D eigenvalue weighted by Gasteiger charge is 2.44. The molecule has 1 aliphatic rings. The number of amides is 1. The van der Waals surface area contributed by atoms with Gasteiger partial charge in [0.05, 0.1) is 32.0 Å². The first kappa shape index (κ1) is 94.1. The van der Waals surface area contributed by atoms with Gasteiger partial charge in [-0.15, -0.1) is 0 Å². The number of ether oxygens (including phenoxy) is 3. The number of carbonyl (C=O) groups is 2. The quantitative estimate of drug-likeness (QED) is 0.0195. The zero-order valence-electron chi connectivity index (χ0n) is 64.7. The fourth-order valence-corrected chi connectivity index (χ4v) is 13.3. The summed E-state index contributed by atoms with van der Waals surface area (Å²) >= 11 is 0. The molecule has 1 aliphatic heterocycles. The van der Waals surface area contributed by atoms with Crippen molar-refractivity contribution in [2.24, 2.45) is 0 Å². The maximum atomic E-state index is 13.1. The zero-order chi connectivity index (χ0) is 71.5. The molecule has 0 spiro atoms. The van der Waals surface area contributed by atoms with E-state index >= 15 is 0 Å². The highest BCUT2D eigenvalue weighted by atomic mass is 16.7. The lowest BCUT2D eigenvalue weighted by Gasteiger charge is -2.40. The fraction of sp³-hybridized carbons (Fsp3) is 0.841. The molecule has 6 N–H and O–H groups in total. The van der Waals surface area contributed by atoms with Gasteiger partial charge in [-0.1, -0.05) is 356 Å². The number of nitrogens with one attached hydrogen (secondary N) is 1. The molecule has 0 aromatic rings. The minimum Gasteiger partial charge on any atom is -0.466 e. The van der Waals surface area contributed by atoms with E-state index in [-0.39, 0.29) is 18.5 Å². The lowest BCUT2D eigenvalue weighted by atomic mass is 9.99. The molecular weight excluding hydrogens is 1230 g/mol. The lowest BCUT2D eigenvalue weighted by Crippen LogP contribution is -2.60. The minimum atomic E-state index is -1.58. The van der Waals surface area contributed by atoms with Crippen LogP contribution in [-0.4, -0.2) is 100 Å². The topological polar surface area (TPSA) is 175 Å². The average Bonchev–Trinajstić information content (AvgIpc) is 0.834. The first-order valence-corrected chi connectivity index (χ1v) is 42.7. The number of esters is 1. The van der Waals surface area contributed by atoms with E-state index in [0.717, 1.165) is 77.0 Å². The average molecular weight is 1390 g/mol. The summed E-state index contributed by atoms with van der Waals surface area (Å²) < 4.78 is 16.8. The van der Waals surface area contributed by atoms with Gasteiger partial charge >= 0.3 is 5.97 Å². The Labute approximate surface area is 611 Å². The van der Waals surface area contributed by atoms with Crippen molar-refractivity contribution < 1.29 is 49.3 Å². The molecule has 578 valence electrons. The van der Waals surface area contributed by atoms with Crippen molar-refractivity contribution in [3.05, 3.63) is 72.9 Å². The number of hydrogen-bond acceptors (Lipinski definition) is 10. The summed E-state index contributed by atoms with van der Waals surface area (Å²) in [6.45, 7) is 4.35. The van der Waals surface area contributed by atoms with Crippen molar-refractivity contribution in [1.29, 1.82) is 0 Å². The van der Waals surface area contributed by atoms with E-state index in [0.29, 0.717) is 19.4 Å². The molecule has 11 nitrogen and oxygen atoms in total. The number of hydrogen-bond donors (Lipinski definition) is 6. The summed E-state index contributed by atoms with van der Waals surface area (Å²) in [7, 11) is 0. The number of aliphatic hydroxyl groups is 5.